The van der Waals surface area contributed by atoms with E-state index < -0.39 is 0 Å². The molecule has 0 radical (unpaired) electrons. The molecule has 0 spiro atoms. The maximum Gasteiger partial charge on any atom is 0.0651 e. The van der Waals surface area contributed by atoms with Crippen LogP contribution in [-0.4, -0.2) is 12.7 Å². The maximum atomic E-state index is 5.45. The first-order chi connectivity index (χ1) is 4.34. The largest absolute Gasteiger partial charge is 0.374 e. The van der Waals surface area contributed by atoms with Crippen LogP contribution in [0, 0.1) is 5.92 Å². The third-order valence-corrected chi connectivity index (χ3v) is 1.83. The molecule has 1 heterocycles. The number of hydrogen-bond acceptors (Lipinski definition) is 1. The summed E-state index contributed by atoms with van der Waals surface area (Å²) in [6, 6.07) is 0. The Bertz CT molecular complexity index is 107. The lowest BCUT2D eigenvalue weighted by Crippen LogP contribution is -2.22. The van der Waals surface area contributed by atoms with Crippen LogP contribution in [0.2, 0.25) is 0 Å². The van der Waals surface area contributed by atoms with Gasteiger partial charge in [0.05, 0.1) is 12.7 Å². The van der Waals surface area contributed by atoms with Crippen molar-refractivity contribution in [2.24, 2.45) is 5.92 Å². The van der Waals surface area contributed by atoms with Crippen molar-refractivity contribution in [3.05, 3.63) is 12.2 Å². The van der Waals surface area contributed by atoms with Crippen molar-refractivity contribution in [2.75, 3.05) is 6.61 Å². The minimum absolute atomic E-state index is 0.468. The zero-order valence-electron chi connectivity index (χ0n) is 6.13. The first kappa shape index (κ1) is 6.81. The van der Waals surface area contributed by atoms with E-state index >= 15 is 0 Å². The SMILES string of the molecule is CC[C@H]1OCC=C[C@@H]1C. The molecule has 1 nitrogen and oxygen atoms in total. The Hall–Kier alpha value is -0.300. The molecule has 1 aliphatic rings. The van der Waals surface area contributed by atoms with E-state index in [4.69, 9.17) is 4.74 Å². The molecule has 0 aromatic heterocycles. The van der Waals surface area contributed by atoms with Gasteiger partial charge in [-0.25, -0.2) is 0 Å². The minimum atomic E-state index is 0.468. The van der Waals surface area contributed by atoms with Gasteiger partial charge in [0.2, 0.25) is 0 Å². The van der Waals surface area contributed by atoms with Crippen molar-refractivity contribution < 1.29 is 4.74 Å². The van der Waals surface area contributed by atoms with Crippen molar-refractivity contribution in [1.82, 2.24) is 0 Å². The highest BCUT2D eigenvalue weighted by Gasteiger charge is 2.14. The molecule has 0 amide bonds. The normalized spacial score (nSPS) is 34.9. The first-order valence-electron chi connectivity index (χ1n) is 3.63. The van der Waals surface area contributed by atoms with E-state index in [2.05, 4.69) is 26.0 Å². The third kappa shape index (κ3) is 1.55. The van der Waals surface area contributed by atoms with Crippen LogP contribution in [0.4, 0.5) is 0 Å². The Morgan fingerprint density at radius 1 is 1.67 bits per heavy atom. The van der Waals surface area contributed by atoms with Gasteiger partial charge in [0, 0.05) is 5.92 Å². The smallest absolute Gasteiger partial charge is 0.0651 e. The fourth-order valence-corrected chi connectivity index (χ4v) is 1.21. The summed E-state index contributed by atoms with van der Waals surface area (Å²) >= 11 is 0. The van der Waals surface area contributed by atoms with Crippen molar-refractivity contribution in [1.29, 1.82) is 0 Å². The van der Waals surface area contributed by atoms with E-state index in [1.807, 2.05) is 0 Å². The van der Waals surface area contributed by atoms with Gasteiger partial charge >= 0.3 is 0 Å². The van der Waals surface area contributed by atoms with E-state index in [1.54, 1.807) is 0 Å². The Morgan fingerprint density at radius 3 is 2.89 bits per heavy atom. The van der Waals surface area contributed by atoms with E-state index in [0.29, 0.717) is 12.0 Å². The Labute approximate surface area is 56.7 Å². The highest BCUT2D eigenvalue weighted by Crippen LogP contribution is 2.16. The molecule has 52 valence electrons. The molecule has 0 aromatic carbocycles. The van der Waals surface area contributed by atoms with Gasteiger partial charge in [-0.15, -0.1) is 0 Å². The van der Waals surface area contributed by atoms with Gasteiger partial charge in [0.1, 0.15) is 0 Å². The number of hydrogen-bond donors (Lipinski definition) is 0. The van der Waals surface area contributed by atoms with Gasteiger partial charge < -0.3 is 4.74 Å². The lowest BCUT2D eigenvalue weighted by Gasteiger charge is -2.23. The second-order valence-corrected chi connectivity index (χ2v) is 2.57. The van der Waals surface area contributed by atoms with Crippen LogP contribution in [0.25, 0.3) is 0 Å². The predicted octanol–water partition coefficient (Wildman–Crippen LogP) is 1.99. The quantitative estimate of drug-likeness (QED) is 0.488. The Morgan fingerprint density at radius 2 is 2.44 bits per heavy atom. The summed E-state index contributed by atoms with van der Waals surface area (Å²) < 4.78 is 5.45. The molecule has 0 aromatic rings. The lowest BCUT2D eigenvalue weighted by atomic mass is 10.0. The van der Waals surface area contributed by atoms with Gasteiger partial charge in [-0.3, -0.25) is 0 Å². The number of rotatable bonds is 1. The van der Waals surface area contributed by atoms with Crippen LogP contribution in [0.5, 0.6) is 0 Å². The fourth-order valence-electron chi connectivity index (χ4n) is 1.21. The summed E-state index contributed by atoms with van der Waals surface area (Å²) in [5.41, 5.74) is 0. The van der Waals surface area contributed by atoms with Gasteiger partial charge in [-0.05, 0) is 6.42 Å². The van der Waals surface area contributed by atoms with Crippen molar-refractivity contribution >= 4 is 0 Å². The lowest BCUT2D eigenvalue weighted by molar-refractivity contribution is 0.0360. The average Bonchev–Trinajstić information content (AvgIpc) is 1.89. The monoisotopic (exact) mass is 126 g/mol. The van der Waals surface area contributed by atoms with Crippen molar-refractivity contribution in [3.8, 4) is 0 Å². The minimum Gasteiger partial charge on any atom is -0.374 e. The van der Waals surface area contributed by atoms with E-state index in [0.717, 1.165) is 13.0 Å². The van der Waals surface area contributed by atoms with E-state index in [9.17, 15) is 0 Å². The predicted molar refractivity (Wildman–Crippen MR) is 38.3 cm³/mol. The molecule has 1 heteroatoms. The summed E-state index contributed by atoms with van der Waals surface area (Å²) in [6.45, 7) is 5.17. The topological polar surface area (TPSA) is 9.23 Å². The van der Waals surface area contributed by atoms with Crippen LogP contribution in [0.3, 0.4) is 0 Å². The van der Waals surface area contributed by atoms with Crippen molar-refractivity contribution in [2.45, 2.75) is 26.4 Å². The summed E-state index contributed by atoms with van der Waals surface area (Å²) in [5.74, 6) is 0.615. The van der Waals surface area contributed by atoms with Crippen LogP contribution in [0.1, 0.15) is 20.3 Å². The zero-order valence-corrected chi connectivity index (χ0v) is 6.13. The van der Waals surface area contributed by atoms with Crippen LogP contribution >= 0.6 is 0 Å². The molecule has 1 rings (SSSR count). The van der Waals surface area contributed by atoms with Crippen LogP contribution < -0.4 is 0 Å². The summed E-state index contributed by atoms with van der Waals surface area (Å²) in [5, 5.41) is 0. The maximum absolute atomic E-state index is 5.45. The summed E-state index contributed by atoms with van der Waals surface area (Å²) in [4.78, 5) is 0. The second kappa shape index (κ2) is 3.02. The molecular formula is C8H14O. The van der Waals surface area contributed by atoms with E-state index in [1.165, 1.54) is 0 Å². The molecule has 9 heavy (non-hydrogen) atoms. The van der Waals surface area contributed by atoms with Crippen LogP contribution in [0.15, 0.2) is 12.2 Å². The molecule has 0 N–H and O–H groups in total. The molecule has 1 aliphatic heterocycles. The Balaban J connectivity index is 2.44. The fraction of sp³-hybridized carbons (Fsp3) is 0.750. The standard InChI is InChI=1S/C8H14O/c1-3-8-7(2)5-4-6-9-8/h4-5,7-8H,3,6H2,1-2H3/t7-,8+/m0/s1. The zero-order chi connectivity index (χ0) is 6.69. The molecule has 0 unspecified atom stereocenters. The highest BCUT2D eigenvalue weighted by molar-refractivity contribution is 4.93. The highest BCUT2D eigenvalue weighted by atomic mass is 16.5. The summed E-state index contributed by atoms with van der Waals surface area (Å²) in [7, 11) is 0. The second-order valence-electron chi connectivity index (χ2n) is 2.57. The molecule has 2 atom stereocenters. The first-order valence-corrected chi connectivity index (χ1v) is 3.63. The van der Waals surface area contributed by atoms with Crippen LogP contribution in [-0.2, 0) is 4.74 Å². The average molecular weight is 126 g/mol. The van der Waals surface area contributed by atoms with Gasteiger partial charge in [0.25, 0.3) is 0 Å². The molecule has 0 saturated carbocycles. The summed E-state index contributed by atoms with van der Waals surface area (Å²) in [6.07, 6.45) is 5.93. The number of ether oxygens (including phenoxy) is 1. The Kier molecular flexibility index (Phi) is 2.29. The molecular weight excluding hydrogens is 112 g/mol. The van der Waals surface area contributed by atoms with Crippen molar-refractivity contribution in [3.63, 3.8) is 0 Å². The van der Waals surface area contributed by atoms with Gasteiger partial charge in [0.15, 0.2) is 0 Å². The third-order valence-electron chi connectivity index (χ3n) is 1.83. The van der Waals surface area contributed by atoms with Gasteiger partial charge in [-0.2, -0.15) is 0 Å². The van der Waals surface area contributed by atoms with E-state index in [-0.39, 0.29) is 0 Å². The molecule has 0 saturated heterocycles. The molecule has 0 aliphatic carbocycles. The molecule has 0 fully saturated rings. The molecule has 0 bridgehead atoms. The van der Waals surface area contributed by atoms with Gasteiger partial charge in [-0.1, -0.05) is 26.0 Å².